The Morgan fingerprint density at radius 2 is 2.54 bits per heavy atom. The quantitative estimate of drug-likeness (QED) is 0.668. The van der Waals surface area contributed by atoms with Crippen molar-refractivity contribution in [2.24, 2.45) is 0 Å². The molecule has 0 amide bonds. The molecular formula is C8H11N3O2. The fraction of sp³-hybridized carbons (Fsp3) is 0.500. The fourth-order valence-electron chi connectivity index (χ4n) is 1.43. The second kappa shape index (κ2) is 3.18. The van der Waals surface area contributed by atoms with Crippen molar-refractivity contribution >= 4 is 5.82 Å². The molecule has 13 heavy (non-hydrogen) atoms. The first kappa shape index (κ1) is 8.25. The third-order valence-corrected chi connectivity index (χ3v) is 2.07. The maximum absolute atomic E-state index is 11.3. The molecule has 1 aliphatic rings. The first-order chi connectivity index (χ1) is 6.27. The van der Waals surface area contributed by atoms with E-state index in [-0.39, 0.29) is 17.7 Å². The van der Waals surface area contributed by atoms with Crippen molar-refractivity contribution in [2.75, 3.05) is 12.3 Å². The number of hydrogen-bond acceptors (Lipinski definition) is 4. The van der Waals surface area contributed by atoms with Crippen LogP contribution in [0, 0.1) is 0 Å². The van der Waals surface area contributed by atoms with Gasteiger partial charge < -0.3 is 10.5 Å². The van der Waals surface area contributed by atoms with Gasteiger partial charge in [-0.15, -0.1) is 0 Å². The summed E-state index contributed by atoms with van der Waals surface area (Å²) < 4.78 is 6.82. The molecule has 0 unspecified atom stereocenters. The van der Waals surface area contributed by atoms with E-state index in [1.165, 1.54) is 4.57 Å². The Labute approximate surface area is 75.1 Å². The first-order valence-corrected chi connectivity index (χ1v) is 4.23. The normalized spacial score (nSPS) is 22.0. The Bertz CT molecular complexity index is 355. The smallest absolute Gasteiger partial charge is 0.351 e. The van der Waals surface area contributed by atoms with E-state index in [2.05, 4.69) is 4.98 Å². The lowest BCUT2D eigenvalue weighted by atomic mass is 10.3. The van der Waals surface area contributed by atoms with Crippen molar-refractivity contribution in [3.63, 3.8) is 0 Å². The number of nitrogens with zero attached hydrogens (tertiary/aromatic N) is 2. The maximum Gasteiger partial charge on any atom is 0.351 e. The predicted octanol–water partition coefficient (Wildman–Crippen LogP) is 0.135. The molecule has 0 aliphatic carbocycles. The van der Waals surface area contributed by atoms with Gasteiger partial charge in [-0.1, -0.05) is 0 Å². The van der Waals surface area contributed by atoms with E-state index in [0.717, 1.165) is 12.8 Å². The van der Waals surface area contributed by atoms with Gasteiger partial charge in [-0.2, -0.15) is 4.98 Å². The van der Waals surface area contributed by atoms with Gasteiger partial charge in [-0.05, 0) is 18.9 Å². The molecule has 0 saturated carbocycles. The standard InChI is InChI=1S/C8H11N3O2/c9-6-3-4-11(8(12)10-6)7-2-1-5-13-7/h3-4,7H,1-2,5H2,(H2,9,10,12)/t7-/m0/s1. The lowest BCUT2D eigenvalue weighted by Crippen LogP contribution is -2.26. The molecule has 1 aromatic rings. The third-order valence-electron chi connectivity index (χ3n) is 2.07. The molecule has 70 valence electrons. The van der Waals surface area contributed by atoms with Crippen LogP contribution in [0.25, 0.3) is 0 Å². The molecule has 5 heteroatoms. The highest BCUT2D eigenvalue weighted by Gasteiger charge is 2.18. The molecule has 1 fully saturated rings. The molecule has 1 saturated heterocycles. The minimum Gasteiger partial charge on any atom is -0.383 e. The van der Waals surface area contributed by atoms with Crippen molar-refractivity contribution in [1.29, 1.82) is 0 Å². The molecule has 0 spiro atoms. The highest BCUT2D eigenvalue weighted by atomic mass is 16.5. The number of anilines is 1. The molecule has 1 aliphatic heterocycles. The summed E-state index contributed by atoms with van der Waals surface area (Å²) in [5.41, 5.74) is 5.02. The Morgan fingerprint density at radius 1 is 1.69 bits per heavy atom. The van der Waals surface area contributed by atoms with Crippen LogP contribution in [0.15, 0.2) is 17.1 Å². The number of hydrogen-bond donors (Lipinski definition) is 1. The van der Waals surface area contributed by atoms with Crippen molar-refractivity contribution in [1.82, 2.24) is 9.55 Å². The van der Waals surface area contributed by atoms with Gasteiger partial charge >= 0.3 is 5.69 Å². The molecule has 5 nitrogen and oxygen atoms in total. The molecule has 1 aromatic heterocycles. The predicted molar refractivity (Wildman–Crippen MR) is 47.1 cm³/mol. The Balaban J connectivity index is 2.34. The van der Waals surface area contributed by atoms with Gasteiger partial charge in [-0.3, -0.25) is 4.57 Å². The third kappa shape index (κ3) is 1.55. The Morgan fingerprint density at radius 3 is 3.15 bits per heavy atom. The van der Waals surface area contributed by atoms with Gasteiger partial charge in [0.2, 0.25) is 0 Å². The minimum absolute atomic E-state index is 0.152. The van der Waals surface area contributed by atoms with Crippen LogP contribution < -0.4 is 11.4 Å². The van der Waals surface area contributed by atoms with E-state index < -0.39 is 0 Å². The lowest BCUT2D eigenvalue weighted by Gasteiger charge is -2.11. The van der Waals surface area contributed by atoms with Crippen LogP contribution in [-0.2, 0) is 4.74 Å². The Hall–Kier alpha value is -1.36. The highest BCUT2D eigenvalue weighted by molar-refractivity contribution is 5.23. The van der Waals surface area contributed by atoms with E-state index in [9.17, 15) is 4.79 Å². The van der Waals surface area contributed by atoms with Crippen LogP contribution >= 0.6 is 0 Å². The summed E-state index contributed by atoms with van der Waals surface area (Å²) in [6.45, 7) is 0.710. The van der Waals surface area contributed by atoms with E-state index in [1.807, 2.05) is 0 Å². The number of nitrogens with two attached hydrogens (primary N) is 1. The van der Waals surface area contributed by atoms with E-state index in [4.69, 9.17) is 10.5 Å². The van der Waals surface area contributed by atoms with Crippen LogP contribution in [0.5, 0.6) is 0 Å². The van der Waals surface area contributed by atoms with Gasteiger partial charge in [0.05, 0.1) is 0 Å². The lowest BCUT2D eigenvalue weighted by molar-refractivity contribution is 0.0528. The highest BCUT2D eigenvalue weighted by Crippen LogP contribution is 2.20. The average molecular weight is 181 g/mol. The van der Waals surface area contributed by atoms with Crippen molar-refractivity contribution in [2.45, 2.75) is 19.1 Å². The number of ether oxygens (including phenoxy) is 1. The van der Waals surface area contributed by atoms with Gasteiger partial charge in [0.1, 0.15) is 12.0 Å². The zero-order chi connectivity index (χ0) is 9.26. The first-order valence-electron chi connectivity index (χ1n) is 4.23. The van der Waals surface area contributed by atoms with Gasteiger partial charge in [0, 0.05) is 12.8 Å². The molecule has 2 N–H and O–H groups in total. The molecule has 0 aromatic carbocycles. The molecular weight excluding hydrogens is 170 g/mol. The Kier molecular flexibility index (Phi) is 2.02. The second-order valence-corrected chi connectivity index (χ2v) is 3.01. The van der Waals surface area contributed by atoms with Crippen molar-refractivity contribution in [3.8, 4) is 0 Å². The SMILES string of the molecule is Nc1ccn([C@@H]2CCCO2)c(=O)n1. The summed E-state index contributed by atoms with van der Waals surface area (Å²) in [7, 11) is 0. The molecule has 0 bridgehead atoms. The van der Waals surface area contributed by atoms with Gasteiger partial charge in [-0.25, -0.2) is 4.79 Å². The summed E-state index contributed by atoms with van der Waals surface area (Å²) in [5, 5.41) is 0. The monoisotopic (exact) mass is 181 g/mol. The largest absolute Gasteiger partial charge is 0.383 e. The van der Waals surface area contributed by atoms with E-state index in [1.54, 1.807) is 12.3 Å². The van der Waals surface area contributed by atoms with Crippen LogP contribution in [-0.4, -0.2) is 16.2 Å². The molecule has 2 heterocycles. The summed E-state index contributed by atoms with van der Waals surface area (Å²) in [6, 6.07) is 1.60. The molecule has 0 radical (unpaired) electrons. The fourth-order valence-corrected chi connectivity index (χ4v) is 1.43. The zero-order valence-corrected chi connectivity index (χ0v) is 7.14. The average Bonchev–Trinajstić information content (AvgIpc) is 2.56. The number of aromatic nitrogens is 2. The van der Waals surface area contributed by atoms with Crippen LogP contribution in [0.4, 0.5) is 5.82 Å². The summed E-state index contributed by atoms with van der Waals surface area (Å²) in [5.74, 6) is 0.249. The topological polar surface area (TPSA) is 70.1 Å². The summed E-state index contributed by atoms with van der Waals surface area (Å²) >= 11 is 0. The van der Waals surface area contributed by atoms with E-state index in [0.29, 0.717) is 6.61 Å². The van der Waals surface area contributed by atoms with Crippen LogP contribution in [0.1, 0.15) is 19.1 Å². The van der Waals surface area contributed by atoms with Crippen LogP contribution in [0.3, 0.4) is 0 Å². The summed E-state index contributed by atoms with van der Waals surface area (Å²) in [6.07, 6.45) is 3.33. The van der Waals surface area contributed by atoms with Crippen molar-refractivity contribution in [3.05, 3.63) is 22.7 Å². The number of rotatable bonds is 1. The van der Waals surface area contributed by atoms with Gasteiger partial charge in [0.15, 0.2) is 0 Å². The maximum atomic E-state index is 11.3. The molecule has 2 rings (SSSR count). The molecule has 1 atom stereocenters. The van der Waals surface area contributed by atoms with Crippen molar-refractivity contribution < 1.29 is 4.74 Å². The number of nitrogen functional groups attached to an aromatic ring is 1. The van der Waals surface area contributed by atoms with E-state index >= 15 is 0 Å². The van der Waals surface area contributed by atoms with Gasteiger partial charge in [0.25, 0.3) is 0 Å². The summed E-state index contributed by atoms with van der Waals surface area (Å²) in [4.78, 5) is 14.9. The zero-order valence-electron chi connectivity index (χ0n) is 7.14. The minimum atomic E-state index is -0.341. The second-order valence-electron chi connectivity index (χ2n) is 3.01. The van der Waals surface area contributed by atoms with Crippen LogP contribution in [0.2, 0.25) is 0 Å².